The van der Waals surface area contributed by atoms with Gasteiger partial charge in [-0.1, -0.05) is 0 Å². The second-order valence-electron chi connectivity index (χ2n) is 2.95. The highest BCUT2D eigenvalue weighted by molar-refractivity contribution is 4.99. The molecule has 0 bridgehead atoms. The van der Waals surface area contributed by atoms with Crippen molar-refractivity contribution >= 4 is 0 Å². The van der Waals surface area contributed by atoms with E-state index in [9.17, 15) is 13.2 Å². The lowest BCUT2D eigenvalue weighted by atomic mass is 10.0. The van der Waals surface area contributed by atoms with Crippen LogP contribution in [0.3, 0.4) is 0 Å². The molecule has 0 aromatic heterocycles. The van der Waals surface area contributed by atoms with E-state index in [1.54, 1.807) is 0 Å². The van der Waals surface area contributed by atoms with E-state index < -0.39 is 12.1 Å². The zero-order chi connectivity index (χ0) is 9.90. The first-order valence-corrected chi connectivity index (χ1v) is 4.10. The maximum Gasteiger partial charge on any atom is 0.395 e. The summed E-state index contributed by atoms with van der Waals surface area (Å²) in [5, 5.41) is 2.77. The molecular formula is C8H12F3NO. The molecule has 0 fully saturated rings. The minimum atomic E-state index is -4.16. The first kappa shape index (κ1) is 10.2. The number of ether oxygens (including phenoxy) is 1. The summed E-state index contributed by atoms with van der Waals surface area (Å²) in [5.41, 5.74) is 0. The number of nitrogens with one attached hydrogen (secondary N) is 1. The van der Waals surface area contributed by atoms with Crippen LogP contribution in [-0.2, 0) is 4.74 Å². The summed E-state index contributed by atoms with van der Waals surface area (Å²) in [5.74, 6) is -1.16. The van der Waals surface area contributed by atoms with Crippen molar-refractivity contribution in [2.75, 3.05) is 13.7 Å². The third-order valence-corrected chi connectivity index (χ3v) is 1.98. The van der Waals surface area contributed by atoms with E-state index in [2.05, 4.69) is 5.32 Å². The zero-order valence-electron chi connectivity index (χ0n) is 7.32. The first-order chi connectivity index (χ1) is 6.04. The number of hydrogen-bond donors (Lipinski definition) is 1. The molecule has 2 nitrogen and oxygen atoms in total. The molecule has 1 atom stereocenters. The van der Waals surface area contributed by atoms with E-state index in [0.717, 1.165) is 6.08 Å². The van der Waals surface area contributed by atoms with Gasteiger partial charge in [-0.15, -0.1) is 0 Å². The average Bonchev–Trinajstić information content (AvgIpc) is 2.27. The Morgan fingerprint density at radius 3 is 2.77 bits per heavy atom. The summed E-state index contributed by atoms with van der Waals surface area (Å²) in [6.07, 6.45) is -2.42. The van der Waals surface area contributed by atoms with Gasteiger partial charge in [-0.2, -0.15) is 13.2 Å². The van der Waals surface area contributed by atoms with Gasteiger partial charge in [0.25, 0.3) is 0 Å². The van der Waals surface area contributed by atoms with E-state index in [0.29, 0.717) is 13.0 Å². The molecular weight excluding hydrogens is 183 g/mol. The van der Waals surface area contributed by atoms with Crippen molar-refractivity contribution in [2.24, 2.45) is 5.92 Å². The van der Waals surface area contributed by atoms with Gasteiger partial charge in [0.1, 0.15) is 0 Å². The molecule has 1 aliphatic heterocycles. The largest absolute Gasteiger partial charge is 0.483 e. The topological polar surface area (TPSA) is 21.3 Å². The van der Waals surface area contributed by atoms with Gasteiger partial charge in [0, 0.05) is 6.54 Å². The Morgan fingerprint density at radius 2 is 2.23 bits per heavy atom. The monoisotopic (exact) mass is 195 g/mol. The Hall–Kier alpha value is -0.870. The van der Waals surface area contributed by atoms with Crippen molar-refractivity contribution < 1.29 is 17.9 Å². The van der Waals surface area contributed by atoms with Crippen LogP contribution in [0.5, 0.6) is 0 Å². The zero-order valence-corrected chi connectivity index (χ0v) is 7.32. The molecule has 0 amide bonds. The molecule has 76 valence electrons. The smallest absolute Gasteiger partial charge is 0.395 e. The highest BCUT2D eigenvalue weighted by Crippen LogP contribution is 2.32. The second-order valence-corrected chi connectivity index (χ2v) is 2.95. The Balaban J connectivity index is 2.72. The summed E-state index contributed by atoms with van der Waals surface area (Å²) in [7, 11) is 1.36. The number of rotatable bonds is 1. The van der Waals surface area contributed by atoms with Crippen molar-refractivity contribution in [3.63, 3.8) is 0 Å². The van der Waals surface area contributed by atoms with Crippen LogP contribution >= 0.6 is 0 Å². The van der Waals surface area contributed by atoms with Gasteiger partial charge in [-0.05, 0) is 18.9 Å². The molecule has 5 heteroatoms. The van der Waals surface area contributed by atoms with Crippen molar-refractivity contribution in [3.05, 3.63) is 12.0 Å². The molecule has 0 aromatic rings. The average molecular weight is 195 g/mol. The number of alkyl halides is 3. The summed E-state index contributed by atoms with van der Waals surface area (Å²) >= 11 is 0. The third-order valence-electron chi connectivity index (χ3n) is 1.98. The van der Waals surface area contributed by atoms with E-state index in [1.165, 1.54) is 7.11 Å². The van der Waals surface area contributed by atoms with Gasteiger partial charge < -0.3 is 10.1 Å². The maximum atomic E-state index is 12.3. The summed E-state index contributed by atoms with van der Waals surface area (Å²) in [6, 6.07) is 0. The third kappa shape index (κ3) is 2.82. The van der Waals surface area contributed by atoms with Crippen molar-refractivity contribution in [2.45, 2.75) is 19.0 Å². The molecule has 1 aliphatic rings. The predicted molar refractivity (Wildman–Crippen MR) is 41.9 cm³/mol. The fraction of sp³-hybridized carbons (Fsp3) is 0.750. The summed E-state index contributed by atoms with van der Waals surface area (Å²) in [4.78, 5) is 0. The van der Waals surface area contributed by atoms with E-state index in [4.69, 9.17) is 4.74 Å². The van der Waals surface area contributed by atoms with Crippen LogP contribution in [0, 0.1) is 5.92 Å². The standard InChI is InChI=1S/C8H12F3NO/c1-13-7-5-6(8(9,10)11)3-2-4-12-7/h5-6,12H,2-4H2,1H3. The van der Waals surface area contributed by atoms with Crippen LogP contribution in [0.4, 0.5) is 13.2 Å². The summed E-state index contributed by atoms with van der Waals surface area (Å²) in [6.45, 7) is 0.534. The predicted octanol–water partition coefficient (Wildman–Crippen LogP) is 2.04. The van der Waals surface area contributed by atoms with Crippen LogP contribution in [-0.4, -0.2) is 19.8 Å². The maximum absolute atomic E-state index is 12.3. The van der Waals surface area contributed by atoms with Crippen molar-refractivity contribution in [3.8, 4) is 0 Å². The molecule has 0 saturated heterocycles. The van der Waals surface area contributed by atoms with Crippen LogP contribution < -0.4 is 5.32 Å². The Bertz CT molecular complexity index is 200. The lowest BCUT2D eigenvalue weighted by molar-refractivity contribution is -0.162. The minimum absolute atomic E-state index is 0.128. The van der Waals surface area contributed by atoms with E-state index in [-0.39, 0.29) is 12.3 Å². The van der Waals surface area contributed by atoms with Crippen LogP contribution in [0.15, 0.2) is 12.0 Å². The van der Waals surface area contributed by atoms with E-state index >= 15 is 0 Å². The Kier molecular flexibility index (Phi) is 3.06. The van der Waals surface area contributed by atoms with Crippen LogP contribution in [0.1, 0.15) is 12.8 Å². The fourth-order valence-electron chi connectivity index (χ4n) is 1.26. The van der Waals surface area contributed by atoms with Crippen molar-refractivity contribution in [1.82, 2.24) is 5.32 Å². The minimum Gasteiger partial charge on any atom is -0.483 e. The van der Waals surface area contributed by atoms with Crippen molar-refractivity contribution in [1.29, 1.82) is 0 Å². The van der Waals surface area contributed by atoms with Crippen LogP contribution in [0.2, 0.25) is 0 Å². The van der Waals surface area contributed by atoms with Gasteiger partial charge in [0.15, 0.2) is 5.88 Å². The number of hydrogen-bond acceptors (Lipinski definition) is 2. The van der Waals surface area contributed by atoms with E-state index in [1.807, 2.05) is 0 Å². The Morgan fingerprint density at radius 1 is 1.54 bits per heavy atom. The highest BCUT2D eigenvalue weighted by Gasteiger charge is 2.38. The molecule has 0 saturated carbocycles. The molecule has 1 heterocycles. The van der Waals surface area contributed by atoms with Gasteiger partial charge in [0.2, 0.25) is 0 Å². The molecule has 13 heavy (non-hydrogen) atoms. The van der Waals surface area contributed by atoms with Gasteiger partial charge in [-0.25, -0.2) is 0 Å². The molecule has 1 rings (SSSR count). The molecule has 0 radical (unpaired) electrons. The molecule has 0 spiro atoms. The van der Waals surface area contributed by atoms with Gasteiger partial charge in [-0.3, -0.25) is 0 Å². The molecule has 1 unspecified atom stereocenters. The SMILES string of the molecule is COC1=CC(C(F)(F)F)CCCN1. The highest BCUT2D eigenvalue weighted by atomic mass is 19.4. The van der Waals surface area contributed by atoms with Crippen LogP contribution in [0.25, 0.3) is 0 Å². The molecule has 0 aliphatic carbocycles. The van der Waals surface area contributed by atoms with Gasteiger partial charge in [0.05, 0.1) is 13.0 Å². The van der Waals surface area contributed by atoms with Gasteiger partial charge >= 0.3 is 6.18 Å². The number of methoxy groups -OCH3 is 1. The second kappa shape index (κ2) is 3.89. The molecule has 1 N–H and O–H groups in total. The fourth-order valence-corrected chi connectivity index (χ4v) is 1.26. The normalized spacial score (nSPS) is 24.3. The Labute approximate surface area is 74.8 Å². The quantitative estimate of drug-likeness (QED) is 0.691. The lowest BCUT2D eigenvalue weighted by Gasteiger charge is -2.14. The number of allylic oxidation sites excluding steroid dienone is 1. The first-order valence-electron chi connectivity index (χ1n) is 4.10. The summed E-state index contributed by atoms with van der Waals surface area (Å²) < 4.78 is 41.7. The lowest BCUT2D eigenvalue weighted by Crippen LogP contribution is -2.21. The number of halogens is 3. The molecule has 0 aromatic carbocycles.